The third-order valence-corrected chi connectivity index (χ3v) is 10.0. The van der Waals surface area contributed by atoms with Crippen LogP contribution in [-0.4, -0.2) is 36.4 Å². The Balaban J connectivity index is 1.29. The maximum Gasteiger partial charge on any atom is 0.301 e. The molecule has 1 unspecified atom stereocenters. The highest BCUT2D eigenvalue weighted by atomic mass is 79.9. The molecule has 1 atom stereocenters. The number of pyridine rings is 1. The minimum Gasteiger partial charge on any atom is -0.505 e. The van der Waals surface area contributed by atoms with Gasteiger partial charge >= 0.3 is 5.91 Å². The molecule has 1 aliphatic rings. The van der Waals surface area contributed by atoms with Crippen molar-refractivity contribution in [2.75, 3.05) is 4.90 Å². The topological polar surface area (TPSA) is 101 Å². The van der Waals surface area contributed by atoms with E-state index in [0.717, 1.165) is 9.86 Å². The fraction of sp³-hybridized carbons (Fsp3) is 0.0938. The summed E-state index contributed by atoms with van der Waals surface area (Å²) >= 11 is 6.22. The quantitative estimate of drug-likeness (QED) is 0.0653. The Kier molecular flexibility index (Phi) is 7.08. The standard InChI is InChI=1S/C32H22BrN5O3S2/c1-18-26(37-16-5-4-11-24(37)34-18)28(39)25-27(20-12-14-22(33)15-13-20)38(30(41)29(25)40)31-35-36-32(43-31)42-17-21-9-6-8-19-7-2-3-10-23(19)21/h2-16,27,39H,17H2,1H3. The van der Waals surface area contributed by atoms with Gasteiger partial charge in [-0.1, -0.05) is 99.7 Å². The Bertz CT molecular complexity index is 2080. The van der Waals surface area contributed by atoms with Crippen LogP contribution in [0.5, 0.6) is 0 Å². The van der Waals surface area contributed by atoms with Crippen LogP contribution >= 0.6 is 39.0 Å². The molecule has 11 heteroatoms. The molecule has 1 saturated heterocycles. The lowest BCUT2D eigenvalue weighted by molar-refractivity contribution is -0.132. The number of Topliss-reactive ketones (excluding diaryl/α,β-unsaturated/α-hetero) is 1. The van der Waals surface area contributed by atoms with Crippen LogP contribution in [-0.2, 0) is 15.3 Å². The van der Waals surface area contributed by atoms with Crippen LogP contribution in [0.4, 0.5) is 5.13 Å². The second-order valence-corrected chi connectivity index (χ2v) is 13.1. The number of aliphatic hydroxyl groups excluding tert-OH is 1. The van der Waals surface area contributed by atoms with Gasteiger partial charge in [0.05, 0.1) is 17.3 Å². The first-order valence-electron chi connectivity index (χ1n) is 13.3. The van der Waals surface area contributed by atoms with E-state index in [-0.39, 0.29) is 16.5 Å². The minimum atomic E-state index is -0.911. The second kappa shape index (κ2) is 11.1. The number of hydrogen-bond donors (Lipinski definition) is 1. The Morgan fingerprint density at radius 3 is 2.58 bits per heavy atom. The molecule has 1 aliphatic heterocycles. The van der Waals surface area contributed by atoms with Gasteiger partial charge in [-0.05, 0) is 53.1 Å². The number of carbonyl (C=O) groups is 2. The fourth-order valence-electron chi connectivity index (χ4n) is 5.43. The molecule has 1 amide bonds. The summed E-state index contributed by atoms with van der Waals surface area (Å²) in [6, 6.07) is 26.3. The van der Waals surface area contributed by atoms with Gasteiger partial charge in [0, 0.05) is 16.4 Å². The molecule has 0 bridgehead atoms. The van der Waals surface area contributed by atoms with E-state index in [2.05, 4.69) is 55.4 Å². The lowest BCUT2D eigenvalue weighted by Gasteiger charge is -2.22. The summed E-state index contributed by atoms with van der Waals surface area (Å²) in [6.07, 6.45) is 1.76. The highest BCUT2D eigenvalue weighted by Gasteiger charge is 2.48. The number of aryl methyl sites for hydroxylation is 1. The first-order valence-corrected chi connectivity index (χ1v) is 15.9. The summed E-state index contributed by atoms with van der Waals surface area (Å²) < 4.78 is 3.22. The van der Waals surface area contributed by atoms with E-state index in [0.29, 0.717) is 32.7 Å². The fourth-order valence-corrected chi connectivity index (χ4v) is 7.57. The molecule has 0 radical (unpaired) electrons. The van der Waals surface area contributed by atoms with Gasteiger partial charge in [-0.3, -0.25) is 18.9 Å². The molecule has 7 rings (SSSR count). The molecule has 0 aliphatic carbocycles. The van der Waals surface area contributed by atoms with E-state index >= 15 is 0 Å². The summed E-state index contributed by atoms with van der Waals surface area (Å²) in [6.45, 7) is 1.76. The molecule has 8 nitrogen and oxygen atoms in total. The number of thioether (sulfide) groups is 1. The lowest BCUT2D eigenvalue weighted by atomic mass is 9.96. The van der Waals surface area contributed by atoms with Crippen molar-refractivity contribution in [2.24, 2.45) is 0 Å². The highest BCUT2D eigenvalue weighted by Crippen LogP contribution is 2.44. The number of ketones is 1. The van der Waals surface area contributed by atoms with E-state index in [4.69, 9.17) is 0 Å². The van der Waals surface area contributed by atoms with Gasteiger partial charge in [0.15, 0.2) is 10.1 Å². The van der Waals surface area contributed by atoms with Crippen LogP contribution in [0.25, 0.3) is 22.2 Å². The van der Waals surface area contributed by atoms with Crippen molar-refractivity contribution in [3.05, 3.63) is 124 Å². The lowest BCUT2D eigenvalue weighted by Crippen LogP contribution is -2.29. The Hall–Kier alpha value is -4.32. The molecule has 0 saturated carbocycles. The molecule has 4 heterocycles. The number of imidazole rings is 1. The van der Waals surface area contributed by atoms with E-state index in [1.54, 1.807) is 17.5 Å². The highest BCUT2D eigenvalue weighted by molar-refractivity contribution is 9.10. The van der Waals surface area contributed by atoms with Crippen molar-refractivity contribution in [1.82, 2.24) is 19.6 Å². The zero-order valence-electron chi connectivity index (χ0n) is 22.6. The van der Waals surface area contributed by atoms with Crippen LogP contribution < -0.4 is 4.90 Å². The average Bonchev–Trinajstić information content (AvgIpc) is 3.69. The van der Waals surface area contributed by atoms with Gasteiger partial charge < -0.3 is 5.11 Å². The molecule has 1 N–H and O–H groups in total. The molecule has 3 aromatic carbocycles. The molecule has 0 spiro atoms. The van der Waals surface area contributed by atoms with Crippen LogP contribution in [0.15, 0.2) is 106 Å². The van der Waals surface area contributed by atoms with Crippen LogP contribution in [0.3, 0.4) is 0 Å². The summed E-state index contributed by atoms with van der Waals surface area (Å²) in [4.78, 5) is 33.2. The Labute approximate surface area is 262 Å². The molecular weight excluding hydrogens is 646 g/mol. The molecule has 43 heavy (non-hydrogen) atoms. The number of rotatable bonds is 6. The smallest absolute Gasteiger partial charge is 0.301 e. The van der Waals surface area contributed by atoms with E-state index < -0.39 is 17.7 Å². The third-order valence-electron chi connectivity index (χ3n) is 7.39. The van der Waals surface area contributed by atoms with Crippen LogP contribution in [0.1, 0.15) is 28.6 Å². The summed E-state index contributed by atoms with van der Waals surface area (Å²) in [7, 11) is 0. The van der Waals surface area contributed by atoms with E-state index in [9.17, 15) is 14.7 Å². The van der Waals surface area contributed by atoms with Gasteiger partial charge in [0.25, 0.3) is 5.78 Å². The van der Waals surface area contributed by atoms with Gasteiger partial charge in [-0.15, -0.1) is 10.2 Å². The number of aromatic nitrogens is 4. The van der Waals surface area contributed by atoms with Gasteiger partial charge in [-0.2, -0.15) is 0 Å². The minimum absolute atomic E-state index is 0.0266. The maximum atomic E-state index is 13.7. The number of anilines is 1. The molecule has 1 fully saturated rings. The van der Waals surface area contributed by atoms with Crippen LogP contribution in [0, 0.1) is 6.92 Å². The van der Waals surface area contributed by atoms with Gasteiger partial charge in [-0.25, -0.2) is 4.98 Å². The average molecular weight is 669 g/mol. The molecule has 3 aromatic heterocycles. The van der Waals surface area contributed by atoms with Crippen molar-refractivity contribution in [3.63, 3.8) is 0 Å². The zero-order chi connectivity index (χ0) is 29.7. The number of fused-ring (bicyclic) bond motifs is 2. The SMILES string of the molecule is Cc1nc2ccccn2c1C(O)=C1C(=O)C(=O)N(c2nnc(SCc3cccc4ccccc34)s2)C1c1ccc(Br)cc1. The first kappa shape index (κ1) is 27.5. The predicted octanol–water partition coefficient (Wildman–Crippen LogP) is 7.33. The van der Waals surface area contributed by atoms with E-state index in [1.807, 2.05) is 60.7 Å². The largest absolute Gasteiger partial charge is 0.505 e. The van der Waals surface area contributed by atoms with Crippen molar-refractivity contribution in [1.29, 1.82) is 0 Å². The zero-order valence-corrected chi connectivity index (χ0v) is 25.9. The first-order chi connectivity index (χ1) is 20.9. The van der Waals surface area contributed by atoms with Crippen molar-refractivity contribution >= 4 is 78.0 Å². The van der Waals surface area contributed by atoms with E-state index in [1.165, 1.54) is 38.9 Å². The number of amides is 1. The molecule has 6 aromatic rings. The van der Waals surface area contributed by atoms with Crippen molar-refractivity contribution in [3.8, 4) is 0 Å². The number of nitrogens with zero attached hydrogens (tertiary/aromatic N) is 5. The number of hydrogen-bond acceptors (Lipinski definition) is 8. The molecule has 212 valence electrons. The third kappa shape index (κ3) is 4.83. The number of aliphatic hydroxyl groups is 1. The summed E-state index contributed by atoms with van der Waals surface area (Å²) in [5, 5.41) is 23.0. The predicted molar refractivity (Wildman–Crippen MR) is 172 cm³/mol. The van der Waals surface area contributed by atoms with Crippen molar-refractivity contribution < 1.29 is 14.7 Å². The van der Waals surface area contributed by atoms with Crippen molar-refractivity contribution in [2.45, 2.75) is 23.1 Å². The Morgan fingerprint density at radius 2 is 1.74 bits per heavy atom. The van der Waals surface area contributed by atoms with Gasteiger partial charge in [0.1, 0.15) is 11.3 Å². The van der Waals surface area contributed by atoms with Gasteiger partial charge in [0.2, 0.25) is 5.13 Å². The number of benzene rings is 3. The number of halogens is 1. The maximum absolute atomic E-state index is 13.7. The molecular formula is C32H22BrN5O3S2. The normalized spacial score (nSPS) is 16.5. The summed E-state index contributed by atoms with van der Waals surface area (Å²) in [5.74, 6) is -1.20. The summed E-state index contributed by atoms with van der Waals surface area (Å²) in [5.41, 5.74) is 3.30. The number of carbonyl (C=O) groups excluding carboxylic acids is 2. The Morgan fingerprint density at radius 1 is 0.977 bits per heavy atom. The van der Waals surface area contributed by atoms with Crippen LogP contribution in [0.2, 0.25) is 0 Å². The second-order valence-electron chi connectivity index (χ2n) is 9.97. The monoisotopic (exact) mass is 667 g/mol.